The van der Waals surface area contributed by atoms with Gasteiger partial charge in [0.15, 0.2) is 0 Å². The van der Waals surface area contributed by atoms with Crippen molar-refractivity contribution in [3.05, 3.63) is 58.7 Å². The fraction of sp³-hybridized carbons (Fsp3) is 0.214. The summed E-state index contributed by atoms with van der Waals surface area (Å²) < 4.78 is 2.06. The summed E-state index contributed by atoms with van der Waals surface area (Å²) in [5.74, 6) is 0. The van der Waals surface area contributed by atoms with E-state index in [2.05, 4.69) is 38.4 Å². The minimum atomic E-state index is 0. The summed E-state index contributed by atoms with van der Waals surface area (Å²) in [5, 5.41) is 5.55. The summed E-state index contributed by atoms with van der Waals surface area (Å²) in [4.78, 5) is 5.95. The lowest BCUT2D eigenvalue weighted by atomic mass is 10.3. The zero-order chi connectivity index (χ0) is 12.2. The quantitative estimate of drug-likeness (QED) is 0.725. The van der Waals surface area contributed by atoms with Crippen molar-refractivity contribution in [2.45, 2.75) is 13.0 Å². The van der Waals surface area contributed by atoms with Crippen LogP contribution in [0.2, 0.25) is 0 Å². The van der Waals surface area contributed by atoms with Crippen LogP contribution in [0.25, 0.3) is 5.65 Å². The average molecular weight is 330 g/mol. The highest BCUT2D eigenvalue weighted by atomic mass is 35.5. The van der Waals surface area contributed by atoms with Gasteiger partial charge >= 0.3 is 0 Å². The fourth-order valence-corrected chi connectivity index (χ4v) is 2.62. The summed E-state index contributed by atoms with van der Waals surface area (Å²) in [5.41, 5.74) is 2.16. The van der Waals surface area contributed by atoms with E-state index in [4.69, 9.17) is 0 Å². The van der Waals surface area contributed by atoms with Crippen molar-refractivity contribution in [3.63, 3.8) is 0 Å². The van der Waals surface area contributed by atoms with Gasteiger partial charge in [0.25, 0.3) is 0 Å². The van der Waals surface area contributed by atoms with Gasteiger partial charge in [-0.05, 0) is 23.6 Å². The highest BCUT2D eigenvalue weighted by Crippen LogP contribution is 2.08. The first-order valence-corrected chi connectivity index (χ1v) is 6.95. The molecule has 0 aliphatic heterocycles. The number of pyridine rings is 1. The van der Waals surface area contributed by atoms with Gasteiger partial charge in [0.1, 0.15) is 5.65 Å². The first-order valence-electron chi connectivity index (χ1n) is 6.07. The van der Waals surface area contributed by atoms with Crippen molar-refractivity contribution in [2.75, 3.05) is 6.54 Å². The number of imidazole rings is 1. The van der Waals surface area contributed by atoms with Crippen molar-refractivity contribution >= 4 is 41.8 Å². The molecule has 0 atom stereocenters. The number of aromatic nitrogens is 2. The van der Waals surface area contributed by atoms with E-state index < -0.39 is 0 Å². The van der Waals surface area contributed by atoms with Crippen LogP contribution in [-0.4, -0.2) is 15.9 Å². The molecule has 20 heavy (non-hydrogen) atoms. The molecule has 0 aliphatic carbocycles. The van der Waals surface area contributed by atoms with E-state index in [9.17, 15) is 0 Å². The molecule has 3 heterocycles. The predicted molar refractivity (Wildman–Crippen MR) is 89.4 cm³/mol. The maximum atomic E-state index is 4.57. The first-order chi connectivity index (χ1) is 8.92. The number of hydrogen-bond acceptors (Lipinski definition) is 3. The fourth-order valence-electron chi connectivity index (χ4n) is 1.95. The molecule has 6 heteroatoms. The molecule has 0 spiro atoms. The van der Waals surface area contributed by atoms with Crippen LogP contribution in [0.5, 0.6) is 0 Å². The number of thiophene rings is 1. The van der Waals surface area contributed by atoms with Gasteiger partial charge in [0.2, 0.25) is 0 Å². The molecule has 108 valence electrons. The van der Waals surface area contributed by atoms with Gasteiger partial charge in [-0.2, -0.15) is 0 Å². The highest BCUT2D eigenvalue weighted by Gasteiger charge is 2.00. The number of rotatable bonds is 5. The van der Waals surface area contributed by atoms with E-state index in [0.717, 1.165) is 30.9 Å². The Kier molecular flexibility index (Phi) is 7.02. The second-order valence-electron chi connectivity index (χ2n) is 4.20. The minimum Gasteiger partial charge on any atom is -0.311 e. The van der Waals surface area contributed by atoms with Crippen LogP contribution in [0, 0.1) is 0 Å². The SMILES string of the molecule is Cl.Cl.c1csc(CNCCc2cn3ccccc3n2)c1. The van der Waals surface area contributed by atoms with Crippen LogP contribution in [0.3, 0.4) is 0 Å². The monoisotopic (exact) mass is 329 g/mol. The van der Waals surface area contributed by atoms with Crippen LogP contribution in [0.15, 0.2) is 48.1 Å². The molecular formula is C14H17Cl2N3S. The second kappa shape index (κ2) is 8.27. The summed E-state index contributed by atoms with van der Waals surface area (Å²) in [6, 6.07) is 10.3. The molecule has 0 amide bonds. The van der Waals surface area contributed by atoms with Gasteiger partial charge in [-0.15, -0.1) is 36.2 Å². The van der Waals surface area contributed by atoms with Gasteiger partial charge in [-0.3, -0.25) is 0 Å². The Morgan fingerprint density at radius 3 is 2.80 bits per heavy atom. The third kappa shape index (κ3) is 4.21. The lowest BCUT2D eigenvalue weighted by molar-refractivity contribution is 0.688. The Morgan fingerprint density at radius 1 is 1.15 bits per heavy atom. The molecule has 0 radical (unpaired) electrons. The van der Waals surface area contributed by atoms with Crippen molar-refractivity contribution in [3.8, 4) is 0 Å². The molecule has 0 unspecified atom stereocenters. The van der Waals surface area contributed by atoms with E-state index in [1.165, 1.54) is 4.88 Å². The van der Waals surface area contributed by atoms with Crippen LogP contribution in [-0.2, 0) is 13.0 Å². The zero-order valence-electron chi connectivity index (χ0n) is 10.9. The average Bonchev–Trinajstić information content (AvgIpc) is 3.03. The van der Waals surface area contributed by atoms with Crippen molar-refractivity contribution in [1.82, 2.24) is 14.7 Å². The molecule has 3 aromatic rings. The van der Waals surface area contributed by atoms with Crippen molar-refractivity contribution < 1.29 is 0 Å². The third-order valence-electron chi connectivity index (χ3n) is 2.85. The zero-order valence-corrected chi connectivity index (χ0v) is 13.3. The Morgan fingerprint density at radius 2 is 2.05 bits per heavy atom. The van der Waals surface area contributed by atoms with E-state index in [0.29, 0.717) is 0 Å². The molecular weight excluding hydrogens is 313 g/mol. The Bertz CT molecular complexity index is 589. The van der Waals surface area contributed by atoms with Crippen LogP contribution in [0.1, 0.15) is 10.6 Å². The number of nitrogens with zero attached hydrogens (tertiary/aromatic N) is 2. The van der Waals surface area contributed by atoms with E-state index in [1.54, 1.807) is 11.3 Å². The van der Waals surface area contributed by atoms with Crippen LogP contribution in [0.4, 0.5) is 0 Å². The lowest BCUT2D eigenvalue weighted by Gasteiger charge is -2.00. The van der Waals surface area contributed by atoms with E-state index >= 15 is 0 Å². The van der Waals surface area contributed by atoms with Gasteiger partial charge in [0, 0.05) is 36.8 Å². The Hall–Kier alpha value is -1.07. The smallest absolute Gasteiger partial charge is 0.136 e. The molecule has 1 N–H and O–H groups in total. The molecule has 0 saturated carbocycles. The largest absolute Gasteiger partial charge is 0.311 e. The van der Waals surface area contributed by atoms with Gasteiger partial charge in [-0.25, -0.2) is 4.98 Å². The summed E-state index contributed by atoms with van der Waals surface area (Å²) in [6.45, 7) is 1.91. The molecule has 3 rings (SSSR count). The summed E-state index contributed by atoms with van der Waals surface area (Å²) >= 11 is 1.79. The molecule has 3 nitrogen and oxygen atoms in total. The van der Waals surface area contributed by atoms with E-state index in [-0.39, 0.29) is 24.8 Å². The van der Waals surface area contributed by atoms with Crippen LogP contribution >= 0.6 is 36.2 Å². The number of halogens is 2. The maximum absolute atomic E-state index is 4.57. The lowest BCUT2D eigenvalue weighted by Crippen LogP contribution is -2.16. The molecule has 0 saturated heterocycles. The van der Waals surface area contributed by atoms with E-state index in [1.807, 2.05) is 24.4 Å². The van der Waals surface area contributed by atoms with Gasteiger partial charge in [0.05, 0.1) is 5.69 Å². The molecule has 0 aliphatic rings. The maximum Gasteiger partial charge on any atom is 0.136 e. The Labute approximate surface area is 134 Å². The standard InChI is InChI=1S/C14H15N3S.2ClH/c1-2-8-17-11-12(16-14(17)5-1)6-7-15-10-13-4-3-9-18-13;;/h1-5,8-9,11,15H,6-7,10H2;2*1H. The summed E-state index contributed by atoms with van der Waals surface area (Å²) in [6.07, 6.45) is 5.10. The first kappa shape index (κ1) is 17.0. The summed E-state index contributed by atoms with van der Waals surface area (Å²) in [7, 11) is 0. The predicted octanol–water partition coefficient (Wildman–Crippen LogP) is 3.57. The number of hydrogen-bond donors (Lipinski definition) is 1. The molecule has 3 aromatic heterocycles. The Balaban J connectivity index is 0.000001000. The third-order valence-corrected chi connectivity index (χ3v) is 3.73. The topological polar surface area (TPSA) is 29.3 Å². The molecule has 0 fully saturated rings. The highest BCUT2D eigenvalue weighted by molar-refractivity contribution is 7.09. The normalized spacial score (nSPS) is 10.0. The minimum absolute atomic E-state index is 0. The number of fused-ring (bicyclic) bond motifs is 1. The van der Waals surface area contributed by atoms with Crippen molar-refractivity contribution in [2.24, 2.45) is 0 Å². The number of nitrogens with one attached hydrogen (secondary N) is 1. The second-order valence-corrected chi connectivity index (χ2v) is 5.24. The molecule has 0 aromatic carbocycles. The molecule has 0 bridgehead atoms. The van der Waals surface area contributed by atoms with Gasteiger partial charge < -0.3 is 9.72 Å². The van der Waals surface area contributed by atoms with Crippen molar-refractivity contribution in [1.29, 1.82) is 0 Å². The van der Waals surface area contributed by atoms with Gasteiger partial charge in [-0.1, -0.05) is 12.1 Å². The van der Waals surface area contributed by atoms with Crippen LogP contribution < -0.4 is 5.32 Å².